The average molecular weight is 1290 g/mol. The Kier molecular flexibility index (Phi) is 50.8. The number of hydrogen-bond acceptors (Lipinski definition) is 17. The van der Waals surface area contributed by atoms with Gasteiger partial charge in [-0.3, -0.25) is 23.4 Å². The van der Waals surface area contributed by atoms with Gasteiger partial charge in [0.25, 0.3) is 0 Å². The van der Waals surface area contributed by atoms with Crippen molar-refractivity contribution in [3.05, 3.63) is 0 Å². The van der Waals surface area contributed by atoms with E-state index in [1.807, 2.05) is 0 Å². The van der Waals surface area contributed by atoms with Gasteiger partial charge >= 0.3 is 13.8 Å². The van der Waals surface area contributed by atoms with Gasteiger partial charge in [0, 0.05) is 13.0 Å². The summed E-state index contributed by atoms with van der Waals surface area (Å²) in [7, 11) is -4.99. The van der Waals surface area contributed by atoms with Crippen LogP contribution in [0, 0.1) is 0 Å². The molecule has 2 aliphatic rings. The van der Waals surface area contributed by atoms with Crippen molar-refractivity contribution in [3.63, 3.8) is 0 Å². The van der Waals surface area contributed by atoms with Crippen molar-refractivity contribution >= 4 is 25.6 Å². The van der Waals surface area contributed by atoms with Crippen LogP contribution in [0.4, 0.5) is 0 Å². The molecule has 0 aliphatic carbocycles. The molecule has 0 spiro atoms. The molecule has 13 atom stereocenters. The molecular formula is C68H132N3O17P. The molecule has 0 saturated carbocycles. The van der Waals surface area contributed by atoms with Gasteiger partial charge in [0.2, 0.25) is 11.8 Å². The number of esters is 1. The maximum atomic E-state index is 14.0. The number of aliphatic hydroxyl groups excluding tert-OH is 6. The van der Waals surface area contributed by atoms with Gasteiger partial charge < -0.3 is 70.8 Å². The van der Waals surface area contributed by atoms with Gasteiger partial charge in [0.05, 0.1) is 38.8 Å². The second-order valence-electron chi connectivity index (χ2n) is 25.9. The van der Waals surface area contributed by atoms with Gasteiger partial charge in [-0.25, -0.2) is 4.57 Å². The number of amides is 2. The summed E-state index contributed by atoms with van der Waals surface area (Å²) in [6, 6.07) is -3.16. The largest absolute Gasteiger partial charge is 0.474 e. The molecule has 2 fully saturated rings. The first kappa shape index (κ1) is 83.2. The Labute approximate surface area is 538 Å². The zero-order valence-electron chi connectivity index (χ0n) is 56.0. The van der Waals surface area contributed by atoms with Gasteiger partial charge in [-0.1, -0.05) is 271 Å². The molecule has 21 heteroatoms. The van der Waals surface area contributed by atoms with Crippen molar-refractivity contribution in [1.29, 1.82) is 0 Å². The summed E-state index contributed by atoms with van der Waals surface area (Å²) in [5.41, 5.74) is 5.49. The molecule has 2 amide bonds. The summed E-state index contributed by atoms with van der Waals surface area (Å²) < 4.78 is 47.1. The highest BCUT2D eigenvalue weighted by atomic mass is 31.2. The number of nitrogens with two attached hydrogens (primary N) is 1. The third-order valence-corrected chi connectivity index (χ3v) is 18.6. The van der Waals surface area contributed by atoms with Crippen LogP contribution >= 0.6 is 7.82 Å². The molecule has 0 aromatic heterocycles. The minimum Gasteiger partial charge on any atom is -0.462 e. The molecule has 2 aliphatic heterocycles. The fourth-order valence-electron chi connectivity index (χ4n) is 12.1. The summed E-state index contributed by atoms with van der Waals surface area (Å²) in [5.74, 6) is -1.80. The maximum Gasteiger partial charge on any atom is 0.474 e. The third kappa shape index (κ3) is 40.9. The van der Waals surface area contributed by atoms with Gasteiger partial charge in [-0.2, -0.15) is 0 Å². The first-order valence-electron chi connectivity index (χ1n) is 36.2. The highest BCUT2D eigenvalue weighted by molar-refractivity contribution is 7.47. The summed E-state index contributed by atoms with van der Waals surface area (Å²) in [6.45, 7) is 4.66. The second-order valence-corrected chi connectivity index (χ2v) is 27.3. The minimum absolute atomic E-state index is 0.159. The van der Waals surface area contributed by atoms with Crippen molar-refractivity contribution in [1.82, 2.24) is 10.6 Å². The highest BCUT2D eigenvalue weighted by Crippen LogP contribution is 2.46. The van der Waals surface area contributed by atoms with Crippen molar-refractivity contribution in [2.24, 2.45) is 5.73 Å². The quantitative estimate of drug-likeness (QED) is 0.0154. The number of ether oxygens (including phenoxy) is 4. The Morgan fingerprint density at radius 1 is 0.494 bits per heavy atom. The lowest BCUT2D eigenvalue weighted by Gasteiger charge is -2.45. The zero-order valence-corrected chi connectivity index (χ0v) is 56.9. The molecule has 526 valence electrons. The zero-order chi connectivity index (χ0) is 65.2. The Morgan fingerprint density at radius 3 is 1.27 bits per heavy atom. The summed E-state index contributed by atoms with van der Waals surface area (Å²) >= 11 is 0. The van der Waals surface area contributed by atoms with Crippen LogP contribution in [0.2, 0.25) is 0 Å². The number of carbonyl (C=O) groups excluding carboxylic acids is 3. The lowest BCUT2D eigenvalue weighted by atomic mass is 9.95. The van der Waals surface area contributed by atoms with Gasteiger partial charge in [-0.05, 0) is 25.7 Å². The smallest absolute Gasteiger partial charge is 0.462 e. The van der Waals surface area contributed by atoms with E-state index >= 15 is 0 Å². The van der Waals surface area contributed by atoms with E-state index in [1.165, 1.54) is 173 Å². The first-order chi connectivity index (χ1) is 43.1. The molecule has 0 radical (unpaired) electrons. The number of unbranched alkanes of at least 4 members (excludes halogenated alkanes) is 38. The Balaban J connectivity index is 2.06. The van der Waals surface area contributed by atoms with Gasteiger partial charge in [0.15, 0.2) is 12.6 Å². The van der Waals surface area contributed by atoms with E-state index in [9.17, 15) is 54.5 Å². The average Bonchev–Trinajstić information content (AvgIpc) is 1.80. The molecule has 2 rings (SSSR count). The lowest BCUT2D eigenvalue weighted by Crippen LogP contribution is -2.66. The van der Waals surface area contributed by atoms with Crippen molar-refractivity contribution < 1.29 is 82.5 Å². The molecule has 11 N–H and O–H groups in total. The molecule has 20 nitrogen and oxygen atoms in total. The number of carbonyl (C=O) groups is 3. The number of phosphoric acid groups is 1. The SMILES string of the molecule is CCCCCCCCCCCCCCCCCC(=O)OC(CCCCCCCCCCCCCCC)CC(=O)N[C@H]1[C@H](OC[C@H]2O[C@H](OP(=O)(O)OCCN)[C@H](NC(=O)CC(O)CCCCCCCCCCCCCCC)[C@@H](O)[C@@H]2O)O[C@H](CO)[C@@H](O)[C@@H]1O. The van der Waals surface area contributed by atoms with E-state index < -0.39 is 119 Å². The predicted octanol–water partition coefficient (Wildman–Crippen LogP) is 12.2. The van der Waals surface area contributed by atoms with E-state index in [-0.39, 0.29) is 25.8 Å². The topological polar surface area (TPSA) is 315 Å². The van der Waals surface area contributed by atoms with E-state index in [1.54, 1.807) is 0 Å². The molecular weight excluding hydrogens is 1160 g/mol. The van der Waals surface area contributed by atoms with Crippen LogP contribution in [0.25, 0.3) is 0 Å². The molecule has 89 heavy (non-hydrogen) atoms. The summed E-state index contributed by atoms with van der Waals surface area (Å²) in [6.07, 6.45) is 32.8. The third-order valence-electron chi connectivity index (χ3n) is 17.7. The van der Waals surface area contributed by atoms with Gasteiger partial charge in [0.1, 0.15) is 54.8 Å². The molecule has 0 aromatic rings. The fraction of sp³-hybridized carbons (Fsp3) is 0.956. The standard InChI is InChI=1S/C68H132N3O17P/c1-4-7-10-13-16-19-22-25-26-29-32-35-38-41-44-47-60(76)85-55(46-43-40-37-34-31-28-24-21-18-15-12-9-6-3)51-59(75)71-61-65(79)63(77)56(52-72)86-67(61)83-53-57-64(78)66(80)62(68(87-57)88-89(81,82)84-49-48-69)70-58(74)50-54(73)45-42-39-36-33-30-27-23-20-17-14-11-8-5-2/h54-57,61-68,72-73,77-80H,4-53,69H2,1-3H3,(H,70,74)(H,71,75)(H,81,82)/t54?,55?,56-,57-,61-,62-,63-,64-,65-,66-,67-,68-/m1/s1. The first-order valence-corrected chi connectivity index (χ1v) is 37.7. The minimum atomic E-state index is -4.99. The fourth-order valence-corrected chi connectivity index (χ4v) is 12.9. The molecule has 2 saturated heterocycles. The van der Waals surface area contributed by atoms with E-state index in [4.69, 9.17) is 33.7 Å². The van der Waals surface area contributed by atoms with Crippen molar-refractivity contribution in [3.8, 4) is 0 Å². The Hall–Kier alpha value is -1.88. The Bertz CT molecular complexity index is 1760. The lowest BCUT2D eigenvalue weighted by molar-refractivity contribution is -0.296. The summed E-state index contributed by atoms with van der Waals surface area (Å²) in [4.78, 5) is 51.3. The number of aliphatic hydroxyl groups is 6. The van der Waals surface area contributed by atoms with Crippen LogP contribution in [0.5, 0.6) is 0 Å². The number of nitrogens with one attached hydrogen (secondary N) is 2. The second kappa shape index (κ2) is 54.4. The van der Waals surface area contributed by atoms with Crippen LogP contribution in [0.1, 0.15) is 316 Å². The van der Waals surface area contributed by atoms with Crippen LogP contribution in [-0.2, 0) is 46.9 Å². The molecule has 0 aromatic carbocycles. The molecule has 0 bridgehead atoms. The number of phosphoric ester groups is 1. The summed E-state index contributed by atoms with van der Waals surface area (Å²) in [5, 5.41) is 71.4. The van der Waals surface area contributed by atoms with Crippen LogP contribution in [0.15, 0.2) is 0 Å². The monoisotopic (exact) mass is 1290 g/mol. The normalized spacial score (nSPS) is 23.4. The van der Waals surface area contributed by atoms with Crippen LogP contribution in [0.3, 0.4) is 0 Å². The predicted molar refractivity (Wildman–Crippen MR) is 349 cm³/mol. The Morgan fingerprint density at radius 2 is 0.854 bits per heavy atom. The van der Waals surface area contributed by atoms with Crippen molar-refractivity contribution in [2.45, 2.75) is 390 Å². The van der Waals surface area contributed by atoms with E-state index in [0.29, 0.717) is 25.7 Å². The number of rotatable bonds is 60. The highest BCUT2D eigenvalue weighted by Gasteiger charge is 2.50. The maximum absolute atomic E-state index is 14.0. The molecule has 2 heterocycles. The van der Waals surface area contributed by atoms with E-state index in [2.05, 4.69) is 31.4 Å². The van der Waals surface area contributed by atoms with Crippen LogP contribution < -0.4 is 16.4 Å². The van der Waals surface area contributed by atoms with Crippen LogP contribution in [-0.4, -0.2) is 153 Å². The van der Waals surface area contributed by atoms with E-state index in [0.717, 1.165) is 77.0 Å². The number of hydrogen-bond donors (Lipinski definition) is 10. The van der Waals surface area contributed by atoms with Gasteiger partial charge in [-0.15, -0.1) is 0 Å². The van der Waals surface area contributed by atoms with Crippen molar-refractivity contribution in [2.75, 3.05) is 26.4 Å². The molecule has 3 unspecified atom stereocenters.